The van der Waals surface area contributed by atoms with Crippen LogP contribution >= 0.6 is 0 Å². The van der Waals surface area contributed by atoms with Gasteiger partial charge in [0.05, 0.1) is 22.6 Å². The van der Waals surface area contributed by atoms with Crippen LogP contribution in [0.15, 0.2) is 48.8 Å². The highest BCUT2D eigenvalue weighted by atomic mass is 19.4. The number of likely N-dealkylation sites (N-methyl/N-ethyl adjacent to an activating group) is 1. The Morgan fingerprint density at radius 2 is 1.95 bits per heavy atom. The third kappa shape index (κ3) is 5.33. The molecule has 2 aromatic heterocycles. The van der Waals surface area contributed by atoms with Crippen LogP contribution in [0.2, 0.25) is 0 Å². The first-order valence-electron chi connectivity index (χ1n) is 13.0. The molecular formula is C29H32F3N7O. The van der Waals surface area contributed by atoms with Gasteiger partial charge in [0, 0.05) is 62.1 Å². The molecule has 8 nitrogen and oxygen atoms in total. The number of alkyl halides is 3. The van der Waals surface area contributed by atoms with Crippen LogP contribution in [0.5, 0.6) is 0 Å². The van der Waals surface area contributed by atoms with Gasteiger partial charge in [-0.15, -0.1) is 0 Å². The number of hydrogen-bond donors (Lipinski definition) is 2. The second-order valence-electron chi connectivity index (χ2n) is 10.5. The topological polar surface area (TPSA) is 78.3 Å². The lowest BCUT2D eigenvalue weighted by atomic mass is 10.0. The second kappa shape index (κ2) is 10.5. The molecule has 40 heavy (non-hydrogen) atoms. The lowest BCUT2D eigenvalue weighted by Gasteiger charge is -2.24. The number of carbonyl (C=O) groups is 1. The van der Waals surface area contributed by atoms with Crippen LogP contribution in [0.4, 0.5) is 36.2 Å². The standard InChI is InChI=1S/C29H32F3N7O/c1-17-7-6-8-21-22(16-38(5)27(17)21)26-23(29(30,31)32)14-33-28(36-26)35-19-9-10-25(24(13-19)34-18(2)40)39-12-11-20(15-39)37(3)4/h6-10,13-14,16,20H,11-12,15H2,1-5H3,(H,34,40)(H,33,35,36). The largest absolute Gasteiger partial charge is 0.419 e. The quantitative estimate of drug-likeness (QED) is 0.315. The molecule has 4 aromatic rings. The van der Waals surface area contributed by atoms with Gasteiger partial charge in [0.1, 0.15) is 5.56 Å². The number of nitrogens with one attached hydrogen (secondary N) is 2. The van der Waals surface area contributed by atoms with E-state index in [1.54, 1.807) is 25.4 Å². The van der Waals surface area contributed by atoms with Crippen molar-refractivity contribution in [1.29, 1.82) is 0 Å². The molecule has 3 heterocycles. The van der Waals surface area contributed by atoms with E-state index >= 15 is 0 Å². The molecule has 1 atom stereocenters. The van der Waals surface area contributed by atoms with E-state index in [2.05, 4.69) is 30.4 Å². The Bertz CT molecular complexity index is 1580. The number of hydrogen-bond acceptors (Lipinski definition) is 6. The first kappa shape index (κ1) is 27.4. The normalized spacial score (nSPS) is 15.7. The predicted octanol–water partition coefficient (Wildman–Crippen LogP) is 5.80. The van der Waals surface area contributed by atoms with Crippen molar-refractivity contribution < 1.29 is 18.0 Å². The van der Waals surface area contributed by atoms with Crippen molar-refractivity contribution in [3.63, 3.8) is 0 Å². The number of halogens is 3. The molecule has 1 fully saturated rings. The molecule has 0 radical (unpaired) electrons. The summed E-state index contributed by atoms with van der Waals surface area (Å²) in [7, 11) is 5.90. The van der Waals surface area contributed by atoms with E-state index in [9.17, 15) is 18.0 Å². The van der Waals surface area contributed by atoms with Crippen molar-refractivity contribution in [1.82, 2.24) is 19.4 Å². The number of fused-ring (bicyclic) bond motifs is 1. The molecule has 1 unspecified atom stereocenters. The number of carbonyl (C=O) groups excluding carboxylic acids is 1. The van der Waals surface area contributed by atoms with Crippen LogP contribution in [-0.4, -0.2) is 58.6 Å². The van der Waals surface area contributed by atoms with E-state index in [4.69, 9.17) is 0 Å². The molecule has 2 N–H and O–H groups in total. The van der Waals surface area contributed by atoms with Crippen LogP contribution < -0.4 is 15.5 Å². The molecule has 210 valence electrons. The zero-order valence-electron chi connectivity index (χ0n) is 23.1. The number of rotatable bonds is 6. The van der Waals surface area contributed by atoms with Crippen LogP contribution in [-0.2, 0) is 18.0 Å². The van der Waals surface area contributed by atoms with Crippen molar-refractivity contribution in [2.45, 2.75) is 32.5 Å². The smallest absolute Gasteiger partial charge is 0.368 e. The van der Waals surface area contributed by atoms with Gasteiger partial charge in [0.25, 0.3) is 0 Å². The van der Waals surface area contributed by atoms with Gasteiger partial charge >= 0.3 is 6.18 Å². The molecular weight excluding hydrogens is 519 g/mol. The highest BCUT2D eigenvalue weighted by Crippen LogP contribution is 2.40. The van der Waals surface area contributed by atoms with E-state index < -0.39 is 11.7 Å². The molecule has 1 saturated heterocycles. The van der Waals surface area contributed by atoms with Crippen LogP contribution in [0, 0.1) is 6.92 Å². The van der Waals surface area contributed by atoms with Gasteiger partial charge in [-0.3, -0.25) is 4.79 Å². The number of aryl methyl sites for hydroxylation is 2. The van der Waals surface area contributed by atoms with E-state index in [1.807, 2.05) is 49.9 Å². The Morgan fingerprint density at radius 3 is 2.62 bits per heavy atom. The van der Waals surface area contributed by atoms with Gasteiger partial charge in [-0.05, 0) is 51.2 Å². The highest BCUT2D eigenvalue weighted by molar-refractivity contribution is 5.98. The number of benzene rings is 2. The van der Waals surface area contributed by atoms with Crippen molar-refractivity contribution in [3.05, 3.63) is 59.9 Å². The minimum atomic E-state index is -4.64. The summed E-state index contributed by atoms with van der Waals surface area (Å²) >= 11 is 0. The average molecular weight is 552 g/mol. The monoisotopic (exact) mass is 551 g/mol. The van der Waals surface area contributed by atoms with E-state index in [0.29, 0.717) is 28.4 Å². The maximum atomic E-state index is 14.1. The number of amides is 1. The summed E-state index contributed by atoms with van der Waals surface area (Å²) in [4.78, 5) is 24.8. The van der Waals surface area contributed by atoms with Crippen LogP contribution in [0.1, 0.15) is 24.5 Å². The fourth-order valence-corrected chi connectivity index (χ4v) is 5.41. The number of para-hydroxylation sites is 1. The molecule has 1 aliphatic heterocycles. The van der Waals surface area contributed by atoms with E-state index in [0.717, 1.165) is 42.5 Å². The Morgan fingerprint density at radius 1 is 1.18 bits per heavy atom. The first-order chi connectivity index (χ1) is 18.9. The lowest BCUT2D eigenvalue weighted by molar-refractivity contribution is -0.137. The summed E-state index contributed by atoms with van der Waals surface area (Å²) in [6.45, 7) is 5.02. The maximum Gasteiger partial charge on any atom is 0.419 e. The van der Waals surface area contributed by atoms with Crippen LogP contribution in [0.25, 0.3) is 22.2 Å². The number of anilines is 4. The van der Waals surface area contributed by atoms with Gasteiger partial charge in [-0.2, -0.15) is 13.2 Å². The van der Waals surface area contributed by atoms with Gasteiger partial charge in [0.2, 0.25) is 11.9 Å². The highest BCUT2D eigenvalue weighted by Gasteiger charge is 2.36. The average Bonchev–Trinajstić information content (AvgIpc) is 3.49. The lowest BCUT2D eigenvalue weighted by Crippen LogP contribution is -2.31. The summed E-state index contributed by atoms with van der Waals surface area (Å²) in [5.74, 6) is -0.205. The van der Waals surface area contributed by atoms with Crippen molar-refractivity contribution >= 4 is 39.8 Å². The molecule has 0 bridgehead atoms. The molecule has 5 rings (SSSR count). The zero-order chi connectivity index (χ0) is 28.8. The van der Waals surface area contributed by atoms with Gasteiger partial charge in [0.15, 0.2) is 0 Å². The Labute approximate surface area is 230 Å². The minimum Gasteiger partial charge on any atom is -0.368 e. The summed E-state index contributed by atoms with van der Waals surface area (Å²) in [6.07, 6.45) is -1.16. The second-order valence-corrected chi connectivity index (χ2v) is 10.5. The summed E-state index contributed by atoms with van der Waals surface area (Å²) in [5, 5.41) is 6.61. The SMILES string of the molecule is CC(=O)Nc1cc(Nc2ncc(C(F)(F)F)c(-c3cn(C)c4c(C)cccc34)n2)ccc1N1CCC(N(C)C)C1. The third-order valence-corrected chi connectivity index (χ3v) is 7.35. The Balaban J connectivity index is 1.53. The molecule has 11 heteroatoms. The summed E-state index contributed by atoms with van der Waals surface area (Å²) in [5.41, 5.74) is 3.07. The molecule has 0 saturated carbocycles. The summed E-state index contributed by atoms with van der Waals surface area (Å²) in [6, 6.07) is 11.4. The van der Waals surface area contributed by atoms with Crippen molar-refractivity contribution in [2.75, 3.05) is 42.7 Å². The molecule has 0 aliphatic carbocycles. The zero-order valence-corrected chi connectivity index (χ0v) is 23.1. The third-order valence-electron chi connectivity index (χ3n) is 7.35. The number of aromatic nitrogens is 3. The van der Waals surface area contributed by atoms with Gasteiger partial charge in [-0.25, -0.2) is 9.97 Å². The Kier molecular flexibility index (Phi) is 7.17. The molecule has 0 spiro atoms. The van der Waals surface area contributed by atoms with E-state index in [-0.39, 0.29) is 17.5 Å². The minimum absolute atomic E-state index is 0.0167. The fraction of sp³-hybridized carbons (Fsp3) is 0.345. The summed E-state index contributed by atoms with van der Waals surface area (Å²) < 4.78 is 44.0. The first-order valence-corrected chi connectivity index (χ1v) is 13.0. The van der Waals surface area contributed by atoms with Gasteiger partial charge in [-0.1, -0.05) is 18.2 Å². The molecule has 1 aliphatic rings. The van der Waals surface area contributed by atoms with Crippen molar-refractivity contribution in [2.24, 2.45) is 7.05 Å². The van der Waals surface area contributed by atoms with Gasteiger partial charge < -0.3 is 25.0 Å². The fourth-order valence-electron chi connectivity index (χ4n) is 5.41. The predicted molar refractivity (Wildman–Crippen MR) is 152 cm³/mol. The maximum absolute atomic E-state index is 14.1. The van der Waals surface area contributed by atoms with Crippen molar-refractivity contribution in [3.8, 4) is 11.3 Å². The molecule has 2 aromatic carbocycles. The molecule has 1 amide bonds. The van der Waals surface area contributed by atoms with Crippen LogP contribution in [0.3, 0.4) is 0 Å². The number of nitrogens with zero attached hydrogens (tertiary/aromatic N) is 5. The Hall–Kier alpha value is -4.12. The van der Waals surface area contributed by atoms with E-state index in [1.165, 1.54) is 6.92 Å².